The van der Waals surface area contributed by atoms with Gasteiger partial charge in [0.1, 0.15) is 5.60 Å². The van der Waals surface area contributed by atoms with Crippen LogP contribution < -0.4 is 10.6 Å². The zero-order valence-corrected chi connectivity index (χ0v) is 19.8. The molecule has 0 aromatic rings. The second-order valence-corrected chi connectivity index (χ2v) is 10.8. The van der Waals surface area contributed by atoms with Crippen molar-refractivity contribution in [2.45, 2.75) is 59.1 Å². The Labute approximate surface area is 176 Å². The SMILES string of the molecule is CN=C(NCCN1CCCS1(=O)=O)N(C)CCC(NC(=O)OC(C)(C)C)C(C)C. The van der Waals surface area contributed by atoms with Crippen molar-refractivity contribution in [3.63, 3.8) is 0 Å². The highest BCUT2D eigenvalue weighted by atomic mass is 32.2. The van der Waals surface area contributed by atoms with E-state index in [0.717, 1.165) is 6.42 Å². The number of ether oxygens (including phenoxy) is 1. The molecule has 29 heavy (non-hydrogen) atoms. The Balaban J connectivity index is 2.49. The zero-order chi connectivity index (χ0) is 22.2. The van der Waals surface area contributed by atoms with Crippen LogP contribution in [0.4, 0.5) is 4.79 Å². The monoisotopic (exact) mass is 433 g/mol. The summed E-state index contributed by atoms with van der Waals surface area (Å²) in [6, 6.07) is -0.0276. The van der Waals surface area contributed by atoms with Crippen molar-refractivity contribution in [2.75, 3.05) is 46.0 Å². The van der Waals surface area contributed by atoms with Gasteiger partial charge in [0, 0.05) is 46.3 Å². The number of alkyl carbamates (subject to hydrolysis) is 1. The van der Waals surface area contributed by atoms with E-state index in [1.54, 1.807) is 7.05 Å². The molecule has 1 rings (SSSR count). The number of hydrogen-bond donors (Lipinski definition) is 2. The highest BCUT2D eigenvalue weighted by Gasteiger charge is 2.27. The second kappa shape index (κ2) is 11.0. The molecule has 0 spiro atoms. The van der Waals surface area contributed by atoms with Crippen LogP contribution in [0.5, 0.6) is 0 Å². The molecule has 1 atom stereocenters. The molecule has 1 heterocycles. The van der Waals surface area contributed by atoms with Gasteiger partial charge < -0.3 is 20.3 Å². The molecular weight excluding hydrogens is 394 g/mol. The number of sulfonamides is 1. The first-order chi connectivity index (χ1) is 13.4. The Morgan fingerprint density at radius 2 is 1.97 bits per heavy atom. The summed E-state index contributed by atoms with van der Waals surface area (Å²) in [6.45, 7) is 11.8. The first kappa shape index (κ1) is 25.5. The van der Waals surface area contributed by atoms with Crippen LogP contribution in [0.15, 0.2) is 4.99 Å². The summed E-state index contributed by atoms with van der Waals surface area (Å²) in [6.07, 6.45) is 1.01. The molecule has 1 fully saturated rings. The van der Waals surface area contributed by atoms with Crippen LogP contribution in [0.3, 0.4) is 0 Å². The summed E-state index contributed by atoms with van der Waals surface area (Å²) in [5.41, 5.74) is -0.531. The molecule has 1 saturated heterocycles. The third kappa shape index (κ3) is 9.20. The molecule has 170 valence electrons. The molecule has 0 radical (unpaired) electrons. The molecule has 1 amide bonds. The van der Waals surface area contributed by atoms with Crippen LogP contribution >= 0.6 is 0 Å². The quantitative estimate of drug-likeness (QED) is 0.444. The minimum atomic E-state index is -3.08. The number of nitrogens with zero attached hydrogens (tertiary/aromatic N) is 3. The summed E-state index contributed by atoms with van der Waals surface area (Å²) < 4.78 is 30.6. The van der Waals surface area contributed by atoms with Crippen LogP contribution in [-0.4, -0.2) is 87.3 Å². The molecule has 9 nitrogen and oxygen atoms in total. The number of amides is 1. The summed E-state index contributed by atoms with van der Waals surface area (Å²) in [4.78, 5) is 18.3. The first-order valence-corrected chi connectivity index (χ1v) is 11.9. The molecule has 0 aromatic carbocycles. The number of hydrogen-bond acceptors (Lipinski definition) is 5. The number of aliphatic imine (C=N–C) groups is 1. The topological polar surface area (TPSA) is 103 Å². The van der Waals surface area contributed by atoms with Crippen LogP contribution in [0.25, 0.3) is 0 Å². The lowest BCUT2D eigenvalue weighted by molar-refractivity contribution is 0.0485. The fourth-order valence-corrected chi connectivity index (χ4v) is 4.62. The van der Waals surface area contributed by atoms with Gasteiger partial charge in [0.15, 0.2) is 5.96 Å². The van der Waals surface area contributed by atoms with Crippen molar-refractivity contribution in [3.05, 3.63) is 0 Å². The molecule has 1 unspecified atom stereocenters. The van der Waals surface area contributed by atoms with E-state index in [-0.39, 0.29) is 17.7 Å². The highest BCUT2D eigenvalue weighted by molar-refractivity contribution is 7.89. The van der Waals surface area contributed by atoms with E-state index in [9.17, 15) is 13.2 Å². The van der Waals surface area contributed by atoms with Gasteiger partial charge in [0.05, 0.1) is 5.75 Å². The van der Waals surface area contributed by atoms with E-state index in [1.807, 2.05) is 32.7 Å². The summed E-state index contributed by atoms with van der Waals surface area (Å²) >= 11 is 0. The lowest BCUT2D eigenvalue weighted by atomic mass is 10.0. The molecule has 0 aliphatic carbocycles. The zero-order valence-electron chi connectivity index (χ0n) is 19.0. The maximum absolute atomic E-state index is 12.1. The third-order valence-electron chi connectivity index (χ3n) is 4.70. The van der Waals surface area contributed by atoms with E-state index >= 15 is 0 Å². The molecule has 0 saturated carbocycles. The van der Waals surface area contributed by atoms with Crippen LogP contribution in [0.1, 0.15) is 47.5 Å². The molecular formula is C19H39N5O4S. The number of nitrogens with one attached hydrogen (secondary N) is 2. The molecule has 0 aromatic heterocycles. The highest BCUT2D eigenvalue weighted by Crippen LogP contribution is 2.12. The van der Waals surface area contributed by atoms with Crippen molar-refractivity contribution < 1.29 is 17.9 Å². The van der Waals surface area contributed by atoms with E-state index in [1.165, 1.54) is 4.31 Å². The molecule has 0 bridgehead atoms. The Morgan fingerprint density at radius 1 is 1.31 bits per heavy atom. The van der Waals surface area contributed by atoms with Gasteiger partial charge in [0.2, 0.25) is 10.0 Å². The minimum absolute atomic E-state index is 0.0276. The maximum Gasteiger partial charge on any atom is 0.407 e. The summed E-state index contributed by atoms with van der Waals surface area (Å²) in [5, 5.41) is 6.17. The number of carbonyl (C=O) groups excluding carboxylic acids is 1. The Kier molecular flexibility index (Phi) is 9.67. The van der Waals surface area contributed by atoms with Gasteiger partial charge in [-0.25, -0.2) is 17.5 Å². The fraction of sp³-hybridized carbons (Fsp3) is 0.895. The minimum Gasteiger partial charge on any atom is -0.444 e. The van der Waals surface area contributed by atoms with Gasteiger partial charge in [-0.15, -0.1) is 0 Å². The van der Waals surface area contributed by atoms with Crippen molar-refractivity contribution in [2.24, 2.45) is 10.9 Å². The average Bonchev–Trinajstić information content (AvgIpc) is 2.91. The second-order valence-electron chi connectivity index (χ2n) is 8.75. The lowest BCUT2D eigenvalue weighted by Gasteiger charge is -2.28. The lowest BCUT2D eigenvalue weighted by Crippen LogP contribution is -2.46. The Hall–Kier alpha value is -1.55. The summed E-state index contributed by atoms with van der Waals surface area (Å²) in [5.74, 6) is 1.19. The van der Waals surface area contributed by atoms with Gasteiger partial charge in [0.25, 0.3) is 0 Å². The van der Waals surface area contributed by atoms with E-state index in [0.29, 0.717) is 38.6 Å². The van der Waals surface area contributed by atoms with Crippen LogP contribution in [0, 0.1) is 5.92 Å². The van der Waals surface area contributed by atoms with E-state index in [2.05, 4.69) is 29.5 Å². The Morgan fingerprint density at radius 3 is 2.45 bits per heavy atom. The smallest absolute Gasteiger partial charge is 0.407 e. The van der Waals surface area contributed by atoms with Crippen molar-refractivity contribution in [1.29, 1.82) is 0 Å². The van der Waals surface area contributed by atoms with Crippen LogP contribution in [-0.2, 0) is 14.8 Å². The van der Waals surface area contributed by atoms with E-state index in [4.69, 9.17) is 4.74 Å². The maximum atomic E-state index is 12.1. The predicted molar refractivity (Wildman–Crippen MR) is 117 cm³/mol. The third-order valence-corrected chi connectivity index (χ3v) is 6.66. The number of guanidine groups is 1. The van der Waals surface area contributed by atoms with Crippen molar-refractivity contribution in [3.8, 4) is 0 Å². The normalized spacial score (nSPS) is 18.6. The number of carbonyl (C=O) groups is 1. The molecule has 2 N–H and O–H groups in total. The standard InChI is InChI=1S/C19H39N5O4S/c1-15(2)16(22-18(25)28-19(3,4)5)9-12-23(7)17(20-6)21-10-13-24-11-8-14-29(24,26)27/h15-16H,8-14H2,1-7H3,(H,20,21)(H,22,25). The fourth-order valence-electron chi connectivity index (χ4n) is 3.09. The average molecular weight is 434 g/mol. The summed E-state index contributed by atoms with van der Waals surface area (Å²) in [7, 11) is 0.542. The van der Waals surface area contributed by atoms with Gasteiger partial charge in [-0.2, -0.15) is 0 Å². The van der Waals surface area contributed by atoms with Crippen molar-refractivity contribution >= 4 is 22.1 Å². The van der Waals surface area contributed by atoms with Crippen molar-refractivity contribution in [1.82, 2.24) is 19.8 Å². The van der Waals surface area contributed by atoms with Crippen LogP contribution in [0.2, 0.25) is 0 Å². The van der Waals surface area contributed by atoms with Gasteiger partial charge >= 0.3 is 6.09 Å². The van der Waals surface area contributed by atoms with Gasteiger partial charge in [-0.05, 0) is 39.5 Å². The first-order valence-electron chi connectivity index (χ1n) is 10.2. The predicted octanol–water partition coefficient (Wildman–Crippen LogP) is 1.47. The molecule has 1 aliphatic rings. The number of rotatable bonds is 8. The molecule has 10 heteroatoms. The van der Waals surface area contributed by atoms with E-state index < -0.39 is 21.7 Å². The largest absolute Gasteiger partial charge is 0.444 e. The Bertz CT molecular complexity index is 658. The van der Waals surface area contributed by atoms with Gasteiger partial charge in [-0.1, -0.05) is 13.8 Å². The molecule has 1 aliphatic heterocycles. The van der Waals surface area contributed by atoms with Gasteiger partial charge in [-0.3, -0.25) is 4.99 Å².